The summed E-state index contributed by atoms with van der Waals surface area (Å²) in [5, 5.41) is 10.5. The largest absolute Gasteiger partial charge is 0.496 e. The number of nitrogen functional groups attached to an aromatic ring is 1. The van der Waals surface area contributed by atoms with Gasteiger partial charge in [0.25, 0.3) is 0 Å². The van der Waals surface area contributed by atoms with E-state index in [2.05, 4.69) is 20.9 Å². The van der Waals surface area contributed by atoms with Gasteiger partial charge in [0.05, 0.1) is 7.11 Å². The van der Waals surface area contributed by atoms with E-state index in [1.165, 1.54) is 0 Å². The quantitative estimate of drug-likeness (QED) is 0.911. The maximum Gasteiger partial charge on any atom is 0.129 e. The molecule has 0 saturated carbocycles. The Labute approximate surface area is 120 Å². The number of methoxy groups -OCH3 is 1. The molecule has 2 aromatic rings. The van der Waals surface area contributed by atoms with Crippen LogP contribution in [0.25, 0.3) is 0 Å². The van der Waals surface area contributed by atoms with Crippen molar-refractivity contribution in [3.8, 4) is 5.75 Å². The van der Waals surface area contributed by atoms with Crippen LogP contribution < -0.4 is 10.5 Å². The number of halogens is 1. The number of aromatic nitrogens is 1. The summed E-state index contributed by atoms with van der Waals surface area (Å²) in [5.74, 6) is 0.928. The van der Waals surface area contributed by atoms with Crippen molar-refractivity contribution in [1.29, 1.82) is 0 Å². The molecule has 4 nitrogen and oxygen atoms in total. The van der Waals surface area contributed by atoms with Gasteiger partial charge in [-0.05, 0) is 36.8 Å². The minimum atomic E-state index is -0.875. The standard InChI is InChI=1S/C14H15BrN2O2/c1-8-5-11(14(16)17-7-8)13(18)10-6-9(15)3-4-12(10)19-2/h3-7,13,18H,1-2H3,(H2,16,17). The van der Waals surface area contributed by atoms with Gasteiger partial charge in [-0.15, -0.1) is 0 Å². The topological polar surface area (TPSA) is 68.4 Å². The molecule has 0 amide bonds. The van der Waals surface area contributed by atoms with Crippen molar-refractivity contribution in [2.45, 2.75) is 13.0 Å². The molecule has 0 fully saturated rings. The molecule has 19 heavy (non-hydrogen) atoms. The van der Waals surface area contributed by atoms with Crippen LogP contribution in [-0.4, -0.2) is 17.2 Å². The number of aliphatic hydroxyl groups excluding tert-OH is 1. The number of aryl methyl sites for hydroxylation is 1. The highest BCUT2D eigenvalue weighted by Crippen LogP contribution is 2.34. The van der Waals surface area contributed by atoms with E-state index in [0.717, 1.165) is 10.0 Å². The molecule has 0 aliphatic heterocycles. The first-order valence-corrected chi connectivity index (χ1v) is 6.55. The second-order valence-corrected chi connectivity index (χ2v) is 5.19. The molecule has 0 radical (unpaired) electrons. The van der Waals surface area contributed by atoms with Gasteiger partial charge < -0.3 is 15.6 Å². The van der Waals surface area contributed by atoms with Gasteiger partial charge in [0.2, 0.25) is 0 Å². The molecule has 1 atom stereocenters. The molecule has 3 N–H and O–H groups in total. The Bertz CT molecular complexity index is 602. The van der Waals surface area contributed by atoms with Crippen LogP contribution in [-0.2, 0) is 0 Å². The minimum absolute atomic E-state index is 0.320. The number of aliphatic hydroxyl groups is 1. The highest BCUT2D eigenvalue weighted by atomic mass is 79.9. The number of pyridine rings is 1. The van der Waals surface area contributed by atoms with E-state index < -0.39 is 6.10 Å². The fraction of sp³-hybridized carbons (Fsp3) is 0.214. The van der Waals surface area contributed by atoms with Crippen molar-refractivity contribution in [2.75, 3.05) is 12.8 Å². The van der Waals surface area contributed by atoms with E-state index in [-0.39, 0.29) is 0 Å². The number of benzene rings is 1. The zero-order valence-electron chi connectivity index (χ0n) is 10.7. The fourth-order valence-corrected chi connectivity index (χ4v) is 2.29. The van der Waals surface area contributed by atoms with E-state index in [4.69, 9.17) is 10.5 Å². The summed E-state index contributed by atoms with van der Waals surface area (Å²) >= 11 is 3.39. The normalized spacial score (nSPS) is 12.2. The summed E-state index contributed by atoms with van der Waals surface area (Å²) in [5.41, 5.74) is 8.00. The van der Waals surface area contributed by atoms with Crippen LogP contribution in [0.1, 0.15) is 22.8 Å². The maximum absolute atomic E-state index is 10.5. The third-order valence-electron chi connectivity index (χ3n) is 2.87. The van der Waals surface area contributed by atoms with Gasteiger partial charge in [0.15, 0.2) is 0 Å². The molecule has 2 rings (SSSR count). The van der Waals surface area contributed by atoms with Crippen molar-refractivity contribution >= 4 is 21.7 Å². The molecule has 1 aromatic carbocycles. The lowest BCUT2D eigenvalue weighted by molar-refractivity contribution is 0.215. The molecule has 1 heterocycles. The lowest BCUT2D eigenvalue weighted by Gasteiger charge is -2.17. The smallest absolute Gasteiger partial charge is 0.129 e. The molecule has 1 aromatic heterocycles. The van der Waals surface area contributed by atoms with Crippen LogP contribution in [0.2, 0.25) is 0 Å². The SMILES string of the molecule is COc1ccc(Br)cc1C(O)c1cc(C)cnc1N. The lowest BCUT2D eigenvalue weighted by Crippen LogP contribution is -2.07. The summed E-state index contributed by atoms with van der Waals surface area (Å²) in [6.07, 6.45) is 0.795. The number of nitrogens with zero attached hydrogens (tertiary/aromatic N) is 1. The zero-order valence-corrected chi connectivity index (χ0v) is 12.3. The van der Waals surface area contributed by atoms with Crippen molar-refractivity contribution in [3.05, 3.63) is 51.6 Å². The predicted octanol–water partition coefficient (Wildman–Crippen LogP) is 2.83. The second-order valence-electron chi connectivity index (χ2n) is 4.28. The molecule has 0 aliphatic rings. The van der Waals surface area contributed by atoms with Crippen molar-refractivity contribution in [1.82, 2.24) is 4.98 Å². The Morgan fingerprint density at radius 1 is 1.32 bits per heavy atom. The van der Waals surface area contributed by atoms with Gasteiger partial charge in [-0.3, -0.25) is 0 Å². The van der Waals surface area contributed by atoms with Crippen LogP contribution in [0.3, 0.4) is 0 Å². The van der Waals surface area contributed by atoms with E-state index >= 15 is 0 Å². The first kappa shape index (κ1) is 13.8. The van der Waals surface area contributed by atoms with Crippen LogP contribution in [0.5, 0.6) is 5.75 Å². The molecule has 0 aliphatic carbocycles. The van der Waals surface area contributed by atoms with Crippen molar-refractivity contribution < 1.29 is 9.84 Å². The van der Waals surface area contributed by atoms with Crippen LogP contribution in [0, 0.1) is 6.92 Å². The monoisotopic (exact) mass is 322 g/mol. The minimum Gasteiger partial charge on any atom is -0.496 e. The molecule has 100 valence electrons. The third-order valence-corrected chi connectivity index (χ3v) is 3.36. The van der Waals surface area contributed by atoms with Gasteiger partial charge in [0, 0.05) is 21.8 Å². The molecule has 5 heteroatoms. The number of hydrogen-bond donors (Lipinski definition) is 2. The summed E-state index contributed by atoms with van der Waals surface area (Å²) in [6, 6.07) is 7.29. The fourth-order valence-electron chi connectivity index (χ4n) is 1.91. The number of nitrogens with two attached hydrogens (primary N) is 1. The predicted molar refractivity (Wildman–Crippen MR) is 78.1 cm³/mol. The summed E-state index contributed by atoms with van der Waals surface area (Å²) in [6.45, 7) is 1.90. The Hall–Kier alpha value is -1.59. The first-order valence-electron chi connectivity index (χ1n) is 5.76. The Morgan fingerprint density at radius 2 is 2.05 bits per heavy atom. The highest BCUT2D eigenvalue weighted by molar-refractivity contribution is 9.10. The van der Waals surface area contributed by atoms with Crippen LogP contribution >= 0.6 is 15.9 Å². The molecule has 1 unspecified atom stereocenters. The van der Waals surface area contributed by atoms with E-state index in [9.17, 15) is 5.11 Å². The average Bonchev–Trinajstić information content (AvgIpc) is 2.40. The summed E-state index contributed by atoms with van der Waals surface area (Å²) < 4.78 is 6.13. The van der Waals surface area contributed by atoms with Crippen molar-refractivity contribution in [3.63, 3.8) is 0 Å². The molecule has 0 saturated heterocycles. The molecular formula is C14H15BrN2O2. The number of rotatable bonds is 3. The van der Waals surface area contributed by atoms with Gasteiger partial charge in [0.1, 0.15) is 17.7 Å². The third kappa shape index (κ3) is 2.88. The van der Waals surface area contributed by atoms with Crippen LogP contribution in [0.15, 0.2) is 34.9 Å². The first-order chi connectivity index (χ1) is 9.02. The van der Waals surface area contributed by atoms with Gasteiger partial charge in [-0.1, -0.05) is 15.9 Å². The summed E-state index contributed by atoms with van der Waals surface area (Å²) in [4.78, 5) is 4.07. The van der Waals surface area contributed by atoms with Gasteiger partial charge in [-0.25, -0.2) is 4.98 Å². The molecular weight excluding hydrogens is 308 g/mol. The lowest BCUT2D eigenvalue weighted by atomic mass is 10.00. The zero-order chi connectivity index (χ0) is 14.0. The van der Waals surface area contributed by atoms with Crippen LogP contribution in [0.4, 0.5) is 5.82 Å². The van der Waals surface area contributed by atoms with Crippen molar-refractivity contribution in [2.24, 2.45) is 0 Å². The highest BCUT2D eigenvalue weighted by Gasteiger charge is 2.19. The number of hydrogen-bond acceptors (Lipinski definition) is 4. The molecule has 0 spiro atoms. The van der Waals surface area contributed by atoms with E-state index in [1.807, 2.05) is 25.1 Å². The number of anilines is 1. The Morgan fingerprint density at radius 3 is 2.74 bits per heavy atom. The number of ether oxygens (including phenoxy) is 1. The second kappa shape index (κ2) is 5.59. The molecule has 0 bridgehead atoms. The van der Waals surface area contributed by atoms with Gasteiger partial charge in [-0.2, -0.15) is 0 Å². The Kier molecular flexibility index (Phi) is 4.07. The van der Waals surface area contributed by atoms with E-state index in [0.29, 0.717) is 22.7 Å². The Balaban J connectivity index is 2.51. The van der Waals surface area contributed by atoms with Gasteiger partial charge >= 0.3 is 0 Å². The van der Waals surface area contributed by atoms with E-state index in [1.54, 1.807) is 19.4 Å². The maximum atomic E-state index is 10.5. The average molecular weight is 323 g/mol. The summed E-state index contributed by atoms with van der Waals surface area (Å²) in [7, 11) is 1.57.